The van der Waals surface area contributed by atoms with Crippen molar-refractivity contribution in [3.05, 3.63) is 36.0 Å². The third kappa shape index (κ3) is 0.755. The van der Waals surface area contributed by atoms with Gasteiger partial charge >= 0.3 is 5.97 Å². The van der Waals surface area contributed by atoms with Gasteiger partial charge in [0.25, 0.3) is 0 Å². The summed E-state index contributed by atoms with van der Waals surface area (Å²) in [4.78, 5) is 10.9. The lowest BCUT2D eigenvalue weighted by molar-refractivity contribution is -0.133. The molecule has 3 rings (SSSR count). The van der Waals surface area contributed by atoms with Crippen LogP contribution in [0.3, 0.4) is 0 Å². The van der Waals surface area contributed by atoms with E-state index in [0.29, 0.717) is 23.3 Å². The zero-order valence-electron chi connectivity index (χ0n) is 7.05. The molecule has 3 aliphatic carbocycles. The van der Waals surface area contributed by atoms with Crippen LogP contribution >= 0.6 is 0 Å². The van der Waals surface area contributed by atoms with Crippen molar-refractivity contribution in [1.29, 1.82) is 0 Å². The molecular formula is C11H10O2. The van der Waals surface area contributed by atoms with Crippen LogP contribution < -0.4 is 0 Å². The van der Waals surface area contributed by atoms with Gasteiger partial charge in [0, 0.05) is 17.4 Å². The van der Waals surface area contributed by atoms with Crippen LogP contribution in [-0.2, 0) is 4.79 Å². The first kappa shape index (κ1) is 7.13. The van der Waals surface area contributed by atoms with E-state index in [1.54, 1.807) is 0 Å². The van der Waals surface area contributed by atoms with Gasteiger partial charge in [0.2, 0.25) is 0 Å². The second kappa shape index (κ2) is 2.13. The lowest BCUT2D eigenvalue weighted by Gasteiger charge is -2.15. The molecule has 0 aromatic rings. The maximum Gasteiger partial charge on any atom is 0.331 e. The van der Waals surface area contributed by atoms with Gasteiger partial charge in [-0.1, -0.05) is 30.4 Å². The Morgan fingerprint density at radius 1 is 1.15 bits per heavy atom. The third-order valence-electron chi connectivity index (χ3n) is 3.38. The van der Waals surface area contributed by atoms with Crippen molar-refractivity contribution < 1.29 is 9.90 Å². The molecule has 0 heterocycles. The molecule has 2 nitrogen and oxygen atoms in total. The van der Waals surface area contributed by atoms with Crippen molar-refractivity contribution in [1.82, 2.24) is 0 Å². The van der Waals surface area contributed by atoms with E-state index in [-0.39, 0.29) is 5.92 Å². The van der Waals surface area contributed by atoms with Gasteiger partial charge in [-0.15, -0.1) is 0 Å². The molecule has 0 saturated carbocycles. The molecule has 66 valence electrons. The number of hydrogen-bond donors (Lipinski definition) is 1. The molecule has 2 heteroatoms. The molecule has 0 aromatic carbocycles. The highest BCUT2D eigenvalue weighted by Gasteiger charge is 2.45. The van der Waals surface area contributed by atoms with Crippen LogP contribution in [0.25, 0.3) is 0 Å². The quantitative estimate of drug-likeness (QED) is 0.613. The third-order valence-corrected chi connectivity index (χ3v) is 3.38. The Balaban J connectivity index is 2.07. The molecule has 1 N–H and O–H groups in total. The van der Waals surface area contributed by atoms with Crippen LogP contribution in [-0.4, -0.2) is 11.1 Å². The fraction of sp³-hybridized carbons (Fsp3) is 0.364. The normalized spacial score (nSPS) is 43.8. The monoisotopic (exact) mass is 174 g/mol. The van der Waals surface area contributed by atoms with Crippen molar-refractivity contribution in [2.24, 2.45) is 23.7 Å². The Kier molecular flexibility index (Phi) is 1.17. The SMILES string of the molecule is O=C(O)C1=CC2C=CC3C=CC1C32. The van der Waals surface area contributed by atoms with Gasteiger partial charge in [-0.25, -0.2) is 4.79 Å². The summed E-state index contributed by atoms with van der Waals surface area (Å²) in [5.74, 6) is 0.769. The number of hydrogen-bond acceptors (Lipinski definition) is 1. The molecule has 0 amide bonds. The summed E-state index contributed by atoms with van der Waals surface area (Å²) < 4.78 is 0. The predicted octanol–water partition coefficient (Wildman–Crippen LogP) is 1.62. The first-order chi connectivity index (χ1) is 6.27. The summed E-state index contributed by atoms with van der Waals surface area (Å²) in [6.45, 7) is 0. The van der Waals surface area contributed by atoms with Gasteiger partial charge in [0.1, 0.15) is 0 Å². The van der Waals surface area contributed by atoms with Crippen molar-refractivity contribution in [2.45, 2.75) is 0 Å². The van der Waals surface area contributed by atoms with E-state index >= 15 is 0 Å². The van der Waals surface area contributed by atoms with Crippen molar-refractivity contribution in [2.75, 3.05) is 0 Å². The van der Waals surface area contributed by atoms with Gasteiger partial charge in [-0.05, 0) is 11.8 Å². The van der Waals surface area contributed by atoms with E-state index in [4.69, 9.17) is 5.11 Å². The van der Waals surface area contributed by atoms with E-state index in [9.17, 15) is 4.79 Å². The maximum atomic E-state index is 10.9. The van der Waals surface area contributed by atoms with Gasteiger partial charge in [-0.3, -0.25) is 0 Å². The van der Waals surface area contributed by atoms with E-state index in [0.717, 1.165) is 0 Å². The summed E-state index contributed by atoms with van der Waals surface area (Å²) in [6.07, 6.45) is 10.4. The van der Waals surface area contributed by atoms with Crippen LogP contribution in [0, 0.1) is 23.7 Å². The van der Waals surface area contributed by atoms with Crippen LogP contribution in [0.4, 0.5) is 0 Å². The Morgan fingerprint density at radius 2 is 1.85 bits per heavy atom. The fourth-order valence-corrected chi connectivity index (χ4v) is 2.83. The molecule has 4 unspecified atom stereocenters. The molecule has 4 atom stereocenters. The molecule has 0 fully saturated rings. The van der Waals surface area contributed by atoms with Gasteiger partial charge in [0.15, 0.2) is 0 Å². The summed E-state index contributed by atoms with van der Waals surface area (Å²) in [5, 5.41) is 8.96. The van der Waals surface area contributed by atoms with Crippen LogP contribution in [0.1, 0.15) is 0 Å². The molecule has 0 spiro atoms. The molecule has 0 saturated heterocycles. The van der Waals surface area contributed by atoms with Crippen molar-refractivity contribution in [3.8, 4) is 0 Å². The first-order valence-electron chi connectivity index (χ1n) is 4.59. The van der Waals surface area contributed by atoms with Gasteiger partial charge in [-0.2, -0.15) is 0 Å². The molecule has 13 heavy (non-hydrogen) atoms. The number of aliphatic carboxylic acids is 1. The Bertz CT molecular complexity index is 362. The summed E-state index contributed by atoms with van der Waals surface area (Å²) >= 11 is 0. The second-order valence-corrected chi connectivity index (χ2v) is 3.95. The summed E-state index contributed by atoms with van der Waals surface area (Å²) in [6, 6.07) is 0. The molecular weight excluding hydrogens is 164 g/mol. The average molecular weight is 174 g/mol. The van der Waals surface area contributed by atoms with E-state index in [1.165, 1.54) is 0 Å². The standard InChI is InChI=1S/C11H10O2/c12-11(13)9-5-7-2-1-6-3-4-8(9)10(6)7/h1-8,10H,(H,12,13). The molecule has 0 aromatic heterocycles. The number of carboxylic acids is 1. The number of carbonyl (C=O) groups is 1. The minimum atomic E-state index is -0.752. The molecule has 3 aliphatic rings. The van der Waals surface area contributed by atoms with Crippen molar-refractivity contribution >= 4 is 5.97 Å². The summed E-state index contributed by atoms with van der Waals surface area (Å²) in [7, 11) is 0. The lowest BCUT2D eigenvalue weighted by atomic mass is 9.87. The Morgan fingerprint density at radius 3 is 2.62 bits per heavy atom. The summed E-state index contributed by atoms with van der Waals surface area (Å²) in [5.41, 5.74) is 0.595. The van der Waals surface area contributed by atoms with E-state index in [2.05, 4.69) is 24.3 Å². The molecule has 0 aliphatic heterocycles. The predicted molar refractivity (Wildman–Crippen MR) is 48.0 cm³/mol. The fourth-order valence-electron chi connectivity index (χ4n) is 2.83. The lowest BCUT2D eigenvalue weighted by Crippen LogP contribution is -2.15. The first-order valence-corrected chi connectivity index (χ1v) is 4.59. The van der Waals surface area contributed by atoms with E-state index in [1.807, 2.05) is 6.08 Å². The zero-order valence-corrected chi connectivity index (χ0v) is 7.05. The van der Waals surface area contributed by atoms with Gasteiger partial charge in [0.05, 0.1) is 0 Å². The largest absolute Gasteiger partial charge is 0.478 e. The van der Waals surface area contributed by atoms with E-state index < -0.39 is 5.97 Å². The second-order valence-electron chi connectivity index (χ2n) is 3.95. The van der Waals surface area contributed by atoms with Crippen molar-refractivity contribution in [3.63, 3.8) is 0 Å². The smallest absolute Gasteiger partial charge is 0.331 e. The molecule has 0 radical (unpaired) electrons. The highest BCUT2D eigenvalue weighted by atomic mass is 16.4. The van der Waals surface area contributed by atoms with Crippen LogP contribution in [0.5, 0.6) is 0 Å². The molecule has 0 bridgehead atoms. The maximum absolute atomic E-state index is 10.9. The highest BCUT2D eigenvalue weighted by molar-refractivity contribution is 5.89. The minimum absolute atomic E-state index is 0.169. The van der Waals surface area contributed by atoms with Crippen LogP contribution in [0.15, 0.2) is 36.0 Å². The van der Waals surface area contributed by atoms with Crippen LogP contribution in [0.2, 0.25) is 0 Å². The minimum Gasteiger partial charge on any atom is -0.478 e. The van der Waals surface area contributed by atoms with Gasteiger partial charge < -0.3 is 5.11 Å². The average Bonchev–Trinajstić information content (AvgIpc) is 2.72. The Hall–Kier alpha value is -1.31. The topological polar surface area (TPSA) is 37.3 Å². The number of allylic oxidation sites excluding steroid dienone is 5. The number of rotatable bonds is 1. The zero-order chi connectivity index (χ0) is 9.00. The highest BCUT2D eigenvalue weighted by Crippen LogP contribution is 2.50. The number of carboxylic acid groups (broad SMARTS) is 1. The Labute approximate surface area is 76.3 Å².